The Bertz CT molecular complexity index is 877. The predicted octanol–water partition coefficient (Wildman–Crippen LogP) is 2.11. The lowest BCUT2D eigenvalue weighted by Gasteiger charge is -2.19. The van der Waals surface area contributed by atoms with E-state index in [1.165, 1.54) is 16.7 Å². The van der Waals surface area contributed by atoms with Crippen LogP contribution in [0.25, 0.3) is 5.70 Å². The third-order valence-electron chi connectivity index (χ3n) is 3.96. The van der Waals surface area contributed by atoms with Crippen LogP contribution in [0.1, 0.15) is 11.3 Å². The van der Waals surface area contributed by atoms with Crippen LogP contribution in [0.3, 0.4) is 0 Å². The zero-order chi connectivity index (χ0) is 16.1. The van der Waals surface area contributed by atoms with Crippen LogP contribution in [0.5, 0.6) is 0 Å². The number of thioether (sulfide) groups is 1. The number of aryl methyl sites for hydroxylation is 1. The monoisotopic (exact) mass is 323 g/mol. The fourth-order valence-corrected chi connectivity index (χ4v) is 4.12. The van der Waals surface area contributed by atoms with E-state index in [0.717, 1.165) is 11.3 Å². The van der Waals surface area contributed by atoms with Crippen molar-refractivity contribution in [1.29, 1.82) is 0 Å². The van der Waals surface area contributed by atoms with E-state index in [1.807, 2.05) is 25.1 Å². The minimum absolute atomic E-state index is 0.266. The van der Waals surface area contributed by atoms with Gasteiger partial charge in [-0.25, -0.2) is 9.88 Å². The van der Waals surface area contributed by atoms with Crippen LogP contribution in [-0.2, 0) is 9.59 Å². The highest BCUT2D eigenvalue weighted by atomic mass is 32.2. The molecule has 0 spiro atoms. The molecule has 23 heavy (non-hydrogen) atoms. The third-order valence-corrected chi connectivity index (χ3v) is 5.17. The number of fused-ring (bicyclic) bond motifs is 2. The molecule has 5 nitrogen and oxygen atoms in total. The number of amides is 2. The van der Waals surface area contributed by atoms with Crippen molar-refractivity contribution in [3.63, 3.8) is 0 Å². The minimum Gasteiger partial charge on any atom is -0.398 e. The Labute approximate surface area is 137 Å². The van der Waals surface area contributed by atoms with Crippen LogP contribution in [0.15, 0.2) is 53.1 Å². The van der Waals surface area contributed by atoms with Gasteiger partial charge in [0, 0.05) is 11.3 Å². The first-order valence-electron chi connectivity index (χ1n) is 7.15. The van der Waals surface area contributed by atoms with Gasteiger partial charge < -0.3 is 5.73 Å². The van der Waals surface area contributed by atoms with E-state index in [9.17, 15) is 9.59 Å². The summed E-state index contributed by atoms with van der Waals surface area (Å²) in [7, 11) is 0. The van der Waals surface area contributed by atoms with Gasteiger partial charge in [0.05, 0.1) is 17.0 Å². The summed E-state index contributed by atoms with van der Waals surface area (Å²) in [4.78, 5) is 31.2. The van der Waals surface area contributed by atoms with Crippen LogP contribution in [0.2, 0.25) is 0 Å². The predicted molar refractivity (Wildman–Crippen MR) is 88.7 cm³/mol. The van der Waals surface area contributed by atoms with Crippen LogP contribution in [-0.4, -0.2) is 22.0 Å². The molecule has 1 fully saturated rings. The van der Waals surface area contributed by atoms with Gasteiger partial charge in [0.25, 0.3) is 11.8 Å². The molecule has 0 aliphatic carbocycles. The zero-order valence-corrected chi connectivity index (χ0v) is 13.1. The largest absolute Gasteiger partial charge is 0.398 e. The molecule has 1 atom stereocenters. The summed E-state index contributed by atoms with van der Waals surface area (Å²) in [5, 5.41) is 0.0804. The summed E-state index contributed by atoms with van der Waals surface area (Å²) in [6.07, 6.45) is 0. The van der Waals surface area contributed by atoms with Crippen LogP contribution >= 0.6 is 11.8 Å². The maximum Gasteiger partial charge on any atom is 0.264 e. The van der Waals surface area contributed by atoms with Crippen LogP contribution in [0, 0.1) is 6.92 Å². The van der Waals surface area contributed by atoms with Gasteiger partial charge >= 0.3 is 0 Å². The lowest BCUT2D eigenvalue weighted by Crippen LogP contribution is -2.31. The normalized spacial score (nSPS) is 19.9. The number of imide groups is 1. The van der Waals surface area contributed by atoms with Gasteiger partial charge in [0.1, 0.15) is 10.3 Å². The molecule has 3 heterocycles. The molecule has 4 rings (SSSR count). The molecule has 6 heteroatoms. The first-order valence-corrected chi connectivity index (χ1v) is 8.03. The van der Waals surface area contributed by atoms with Gasteiger partial charge in [-0.3, -0.25) is 9.59 Å². The first-order chi connectivity index (χ1) is 11.1. The zero-order valence-electron chi connectivity index (χ0n) is 12.3. The Morgan fingerprint density at radius 3 is 2.61 bits per heavy atom. The van der Waals surface area contributed by atoms with E-state index in [1.54, 1.807) is 24.3 Å². The molecule has 1 aromatic carbocycles. The Balaban J connectivity index is 1.85. The third kappa shape index (κ3) is 1.98. The van der Waals surface area contributed by atoms with E-state index in [-0.39, 0.29) is 11.8 Å². The van der Waals surface area contributed by atoms with Crippen molar-refractivity contribution >= 4 is 35.0 Å². The highest BCUT2D eigenvalue weighted by Gasteiger charge is 2.48. The molecule has 114 valence electrons. The van der Waals surface area contributed by atoms with Gasteiger partial charge in [-0.15, -0.1) is 0 Å². The number of hydrogen-bond donors (Lipinski definition) is 1. The number of aromatic nitrogens is 1. The van der Waals surface area contributed by atoms with Crippen molar-refractivity contribution in [2.24, 2.45) is 5.73 Å². The highest BCUT2D eigenvalue weighted by Crippen LogP contribution is 2.44. The SMILES string of the molecule is Cc1ccc2c(n1)S[C@@H]1C(=O)N(c3ccccc3)C(=O)C1=C2N. The molecular formula is C17H13N3O2S. The molecule has 1 aromatic heterocycles. The van der Waals surface area contributed by atoms with E-state index in [2.05, 4.69) is 4.98 Å². The molecule has 0 radical (unpaired) electrons. The average Bonchev–Trinajstić information content (AvgIpc) is 2.79. The maximum absolute atomic E-state index is 12.8. The smallest absolute Gasteiger partial charge is 0.264 e. The van der Waals surface area contributed by atoms with Crippen LogP contribution < -0.4 is 10.6 Å². The highest BCUT2D eigenvalue weighted by molar-refractivity contribution is 8.01. The quantitative estimate of drug-likeness (QED) is 0.813. The number of anilines is 1. The fourth-order valence-electron chi connectivity index (χ4n) is 2.85. The second kappa shape index (κ2) is 4.96. The number of para-hydroxylation sites is 1. The van der Waals surface area contributed by atoms with Crippen molar-refractivity contribution in [2.75, 3.05) is 4.90 Å². The summed E-state index contributed by atoms with van der Waals surface area (Å²) in [5.41, 5.74) is 9.06. The molecule has 2 amide bonds. The van der Waals surface area contributed by atoms with Crippen molar-refractivity contribution in [3.05, 3.63) is 59.3 Å². The fraction of sp³-hybridized carbons (Fsp3) is 0.118. The van der Waals surface area contributed by atoms with E-state index >= 15 is 0 Å². The molecule has 2 aliphatic heterocycles. The molecule has 0 unspecified atom stereocenters. The second-order valence-corrected chi connectivity index (χ2v) is 6.54. The molecule has 2 aromatic rings. The summed E-state index contributed by atoms with van der Waals surface area (Å²) >= 11 is 1.29. The minimum atomic E-state index is -0.621. The second-order valence-electron chi connectivity index (χ2n) is 5.44. The molecule has 0 bridgehead atoms. The first kappa shape index (κ1) is 14.0. The van der Waals surface area contributed by atoms with Gasteiger partial charge in [-0.1, -0.05) is 30.0 Å². The van der Waals surface area contributed by atoms with Gasteiger partial charge in [-0.2, -0.15) is 0 Å². The Hall–Kier alpha value is -2.60. The number of pyridine rings is 1. The van der Waals surface area contributed by atoms with Crippen LogP contribution in [0.4, 0.5) is 5.69 Å². The lowest BCUT2D eigenvalue weighted by molar-refractivity contribution is -0.120. The molecule has 0 saturated carbocycles. The van der Waals surface area contributed by atoms with E-state index in [0.29, 0.717) is 22.0 Å². The van der Waals surface area contributed by atoms with Crippen molar-refractivity contribution in [2.45, 2.75) is 17.2 Å². The summed E-state index contributed by atoms with van der Waals surface area (Å²) in [5.74, 6) is -0.611. The van der Waals surface area contributed by atoms with E-state index in [4.69, 9.17) is 5.73 Å². The molecule has 1 saturated heterocycles. The summed E-state index contributed by atoms with van der Waals surface area (Å²) in [6.45, 7) is 1.88. The topological polar surface area (TPSA) is 76.3 Å². The number of benzene rings is 1. The van der Waals surface area contributed by atoms with Gasteiger partial charge in [0.15, 0.2) is 0 Å². The Morgan fingerprint density at radius 1 is 1.13 bits per heavy atom. The Kier molecular flexibility index (Phi) is 3.02. The summed E-state index contributed by atoms with van der Waals surface area (Å²) < 4.78 is 0. The Morgan fingerprint density at radius 2 is 1.87 bits per heavy atom. The average molecular weight is 323 g/mol. The van der Waals surface area contributed by atoms with Crippen molar-refractivity contribution in [3.8, 4) is 0 Å². The number of rotatable bonds is 1. The molecule has 2 N–H and O–H groups in total. The van der Waals surface area contributed by atoms with Gasteiger partial charge in [0.2, 0.25) is 0 Å². The number of carbonyl (C=O) groups is 2. The van der Waals surface area contributed by atoms with Crippen molar-refractivity contribution in [1.82, 2.24) is 4.98 Å². The molecule has 2 aliphatic rings. The number of nitrogens with two attached hydrogens (primary N) is 1. The maximum atomic E-state index is 12.8. The number of nitrogens with zero attached hydrogens (tertiary/aromatic N) is 2. The van der Waals surface area contributed by atoms with Gasteiger partial charge in [-0.05, 0) is 31.2 Å². The van der Waals surface area contributed by atoms with Crippen molar-refractivity contribution < 1.29 is 9.59 Å². The number of carbonyl (C=O) groups excluding carboxylic acids is 2. The number of hydrogen-bond acceptors (Lipinski definition) is 5. The lowest BCUT2D eigenvalue weighted by atomic mass is 10.1. The molecular weight excluding hydrogens is 310 g/mol. The van der Waals surface area contributed by atoms with E-state index < -0.39 is 5.25 Å². The standard InChI is InChI=1S/C17H13N3O2S/c1-9-7-8-11-13(18)12-14(23-15(11)19-9)17(22)20(16(12)21)10-5-3-2-4-6-10/h2-8,14H,18H2,1H3/t14-/m0/s1. The summed E-state index contributed by atoms with van der Waals surface area (Å²) in [6, 6.07) is 12.6.